The molecular formula is C16H15FN6O3. The van der Waals surface area contributed by atoms with E-state index in [1.807, 2.05) is 0 Å². The number of carboxylic acid groups (broad SMARTS) is 1. The van der Waals surface area contributed by atoms with Gasteiger partial charge in [-0.3, -0.25) is 14.8 Å². The van der Waals surface area contributed by atoms with Crippen molar-refractivity contribution in [3.8, 4) is 0 Å². The van der Waals surface area contributed by atoms with E-state index < -0.39 is 5.97 Å². The maximum atomic E-state index is 12.9. The molecule has 3 rings (SSSR count). The van der Waals surface area contributed by atoms with Crippen molar-refractivity contribution in [2.45, 2.75) is 19.5 Å². The van der Waals surface area contributed by atoms with Gasteiger partial charge < -0.3 is 5.11 Å². The Labute approximate surface area is 147 Å². The van der Waals surface area contributed by atoms with Gasteiger partial charge in [0.2, 0.25) is 11.9 Å². The summed E-state index contributed by atoms with van der Waals surface area (Å²) < 4.78 is 15.6. The van der Waals surface area contributed by atoms with Crippen LogP contribution in [0.5, 0.6) is 0 Å². The van der Waals surface area contributed by atoms with E-state index in [9.17, 15) is 14.0 Å². The zero-order valence-electron chi connectivity index (χ0n) is 13.5. The fraction of sp³-hybridized carbons (Fsp3) is 0.188. The Hall–Kier alpha value is -3.56. The monoisotopic (exact) mass is 358 g/mol. The van der Waals surface area contributed by atoms with Crippen molar-refractivity contribution in [3.63, 3.8) is 0 Å². The molecule has 0 unspecified atom stereocenters. The third kappa shape index (κ3) is 4.29. The lowest BCUT2D eigenvalue weighted by Crippen LogP contribution is -2.18. The largest absolute Gasteiger partial charge is 0.477 e. The van der Waals surface area contributed by atoms with Gasteiger partial charge >= 0.3 is 5.97 Å². The Morgan fingerprint density at radius 3 is 2.69 bits per heavy atom. The number of halogens is 1. The number of aryl methyl sites for hydroxylation is 1. The van der Waals surface area contributed by atoms with Crippen molar-refractivity contribution in [3.05, 3.63) is 59.9 Å². The number of hydrogen-bond acceptors (Lipinski definition) is 5. The molecule has 0 saturated carbocycles. The first-order valence-corrected chi connectivity index (χ1v) is 7.70. The van der Waals surface area contributed by atoms with Gasteiger partial charge in [0.05, 0.1) is 13.1 Å². The molecule has 0 aliphatic rings. The van der Waals surface area contributed by atoms with Gasteiger partial charge in [-0.05, 0) is 23.8 Å². The summed E-state index contributed by atoms with van der Waals surface area (Å²) in [6, 6.07) is 7.35. The van der Waals surface area contributed by atoms with E-state index in [-0.39, 0.29) is 36.3 Å². The van der Waals surface area contributed by atoms with Crippen molar-refractivity contribution in [1.29, 1.82) is 0 Å². The summed E-state index contributed by atoms with van der Waals surface area (Å²) in [5, 5.41) is 19.5. The van der Waals surface area contributed by atoms with E-state index in [2.05, 4.69) is 20.5 Å². The van der Waals surface area contributed by atoms with Crippen molar-refractivity contribution in [2.75, 3.05) is 5.32 Å². The molecule has 0 aliphatic heterocycles. The minimum atomic E-state index is -1.11. The third-order valence-corrected chi connectivity index (χ3v) is 3.53. The van der Waals surface area contributed by atoms with Crippen LogP contribution in [0.3, 0.4) is 0 Å². The first-order chi connectivity index (χ1) is 12.5. The van der Waals surface area contributed by atoms with E-state index in [0.29, 0.717) is 6.54 Å². The number of aromatic nitrogens is 5. The van der Waals surface area contributed by atoms with Gasteiger partial charge in [-0.1, -0.05) is 12.1 Å². The third-order valence-electron chi connectivity index (χ3n) is 3.53. The molecule has 134 valence electrons. The van der Waals surface area contributed by atoms with Gasteiger partial charge in [-0.25, -0.2) is 18.9 Å². The highest BCUT2D eigenvalue weighted by atomic mass is 19.1. The Kier molecular flexibility index (Phi) is 5.02. The zero-order valence-corrected chi connectivity index (χ0v) is 13.5. The number of aromatic carboxylic acids is 1. The average Bonchev–Trinajstić information content (AvgIpc) is 3.24. The van der Waals surface area contributed by atoms with Crippen molar-refractivity contribution < 1.29 is 19.1 Å². The van der Waals surface area contributed by atoms with Crippen LogP contribution in [-0.4, -0.2) is 41.5 Å². The molecule has 1 amide bonds. The Morgan fingerprint density at radius 1 is 1.19 bits per heavy atom. The summed E-state index contributed by atoms with van der Waals surface area (Å²) in [5.74, 6) is -1.65. The maximum Gasteiger partial charge on any atom is 0.354 e. The summed E-state index contributed by atoms with van der Waals surface area (Å²) in [6.45, 7) is 0.509. The second kappa shape index (κ2) is 7.55. The van der Waals surface area contributed by atoms with E-state index in [1.165, 1.54) is 40.1 Å². The summed E-state index contributed by atoms with van der Waals surface area (Å²) >= 11 is 0. The summed E-state index contributed by atoms with van der Waals surface area (Å²) in [6.07, 6.45) is 2.84. The number of benzene rings is 1. The highest BCUT2D eigenvalue weighted by Crippen LogP contribution is 2.06. The predicted octanol–water partition coefficient (Wildman–Crippen LogP) is 1.39. The van der Waals surface area contributed by atoms with E-state index in [1.54, 1.807) is 12.1 Å². The number of nitrogens with zero attached hydrogens (tertiary/aromatic N) is 5. The number of nitrogens with one attached hydrogen (secondary N) is 1. The first kappa shape index (κ1) is 17.3. The molecule has 10 heteroatoms. The number of amides is 1. The molecule has 0 atom stereocenters. The molecule has 0 fully saturated rings. The van der Waals surface area contributed by atoms with Gasteiger partial charge in [-0.15, -0.1) is 5.10 Å². The van der Waals surface area contributed by atoms with Gasteiger partial charge in [0.25, 0.3) is 0 Å². The number of carboxylic acids is 1. The van der Waals surface area contributed by atoms with Crippen molar-refractivity contribution in [1.82, 2.24) is 24.5 Å². The van der Waals surface area contributed by atoms with Crippen LogP contribution in [0.4, 0.5) is 10.3 Å². The topological polar surface area (TPSA) is 115 Å². The number of carbonyl (C=O) groups excluding carboxylic acids is 1. The minimum absolute atomic E-state index is 0.0134. The van der Waals surface area contributed by atoms with Gasteiger partial charge in [0.15, 0.2) is 0 Å². The first-order valence-electron chi connectivity index (χ1n) is 7.70. The van der Waals surface area contributed by atoms with E-state index in [4.69, 9.17) is 5.11 Å². The minimum Gasteiger partial charge on any atom is -0.477 e. The van der Waals surface area contributed by atoms with Crippen molar-refractivity contribution >= 4 is 17.8 Å². The Balaban J connectivity index is 1.53. The number of rotatable bonds is 7. The second-order valence-corrected chi connectivity index (χ2v) is 5.44. The van der Waals surface area contributed by atoms with Crippen molar-refractivity contribution in [2.24, 2.45) is 0 Å². The van der Waals surface area contributed by atoms with Crippen LogP contribution < -0.4 is 5.32 Å². The SMILES string of the molecule is O=C(CCn1nccc1C(=O)O)Nc1ncn(Cc2ccc(F)cc2)n1. The highest BCUT2D eigenvalue weighted by Gasteiger charge is 2.12. The predicted molar refractivity (Wildman–Crippen MR) is 88.0 cm³/mol. The Bertz CT molecular complexity index is 918. The molecule has 0 radical (unpaired) electrons. The van der Waals surface area contributed by atoms with Crippen LogP contribution in [0.15, 0.2) is 42.9 Å². The van der Waals surface area contributed by atoms with Crippen LogP contribution in [0, 0.1) is 5.82 Å². The second-order valence-electron chi connectivity index (χ2n) is 5.44. The molecule has 2 aromatic heterocycles. The van der Waals surface area contributed by atoms with Crippen LogP contribution >= 0.6 is 0 Å². The van der Waals surface area contributed by atoms with Gasteiger partial charge in [0, 0.05) is 12.6 Å². The van der Waals surface area contributed by atoms with Crippen LogP contribution in [0.25, 0.3) is 0 Å². The Morgan fingerprint density at radius 2 is 1.96 bits per heavy atom. The molecule has 3 aromatic rings. The molecule has 2 N–H and O–H groups in total. The fourth-order valence-corrected chi connectivity index (χ4v) is 2.29. The van der Waals surface area contributed by atoms with Crippen LogP contribution in [0.2, 0.25) is 0 Å². The number of hydrogen-bond donors (Lipinski definition) is 2. The molecular weight excluding hydrogens is 343 g/mol. The molecule has 2 heterocycles. The number of carbonyl (C=O) groups is 2. The van der Waals surface area contributed by atoms with Gasteiger partial charge in [0.1, 0.15) is 17.8 Å². The van der Waals surface area contributed by atoms with Gasteiger partial charge in [-0.2, -0.15) is 5.10 Å². The highest BCUT2D eigenvalue weighted by molar-refractivity contribution is 5.89. The summed E-state index contributed by atoms with van der Waals surface area (Å²) in [7, 11) is 0. The zero-order chi connectivity index (χ0) is 18.5. The van der Waals surface area contributed by atoms with Crippen LogP contribution in [-0.2, 0) is 17.9 Å². The molecule has 0 spiro atoms. The molecule has 0 aliphatic carbocycles. The van der Waals surface area contributed by atoms with E-state index >= 15 is 0 Å². The molecule has 9 nitrogen and oxygen atoms in total. The molecule has 26 heavy (non-hydrogen) atoms. The smallest absolute Gasteiger partial charge is 0.354 e. The van der Waals surface area contributed by atoms with Crippen LogP contribution in [0.1, 0.15) is 22.5 Å². The molecule has 1 aromatic carbocycles. The maximum absolute atomic E-state index is 12.9. The molecule has 0 bridgehead atoms. The number of anilines is 1. The summed E-state index contributed by atoms with van der Waals surface area (Å²) in [4.78, 5) is 26.9. The quantitative estimate of drug-likeness (QED) is 0.659. The molecule has 0 saturated heterocycles. The lowest BCUT2D eigenvalue weighted by atomic mass is 10.2. The lowest BCUT2D eigenvalue weighted by molar-refractivity contribution is -0.116. The normalized spacial score (nSPS) is 10.7. The standard InChI is InChI=1S/C16H15FN6O3/c17-12-3-1-11(2-4-12)9-22-10-18-16(21-22)20-14(24)6-8-23-13(15(25)26)5-7-19-23/h1-5,7,10H,6,8-9H2,(H,25,26)(H,20,21,24). The average molecular weight is 358 g/mol. The lowest BCUT2D eigenvalue weighted by Gasteiger charge is -2.04. The summed E-state index contributed by atoms with van der Waals surface area (Å²) in [5.41, 5.74) is 0.855. The fourth-order valence-electron chi connectivity index (χ4n) is 2.29. The van der Waals surface area contributed by atoms with E-state index in [0.717, 1.165) is 5.56 Å².